The number of para-hydroxylation sites is 1. The largest absolute Gasteiger partial charge is 0.454 e. The van der Waals surface area contributed by atoms with E-state index in [0.717, 1.165) is 46.1 Å². The zero-order valence-electron chi connectivity index (χ0n) is 15.1. The van der Waals surface area contributed by atoms with Crippen molar-refractivity contribution in [2.45, 2.75) is 25.6 Å². The Balaban J connectivity index is 1.34. The summed E-state index contributed by atoms with van der Waals surface area (Å²) in [6, 6.07) is 14.9. The molecule has 1 atom stereocenters. The second kappa shape index (κ2) is 6.30. The summed E-state index contributed by atoms with van der Waals surface area (Å²) in [4.78, 5) is 3.40. The number of hydrogen-bond acceptors (Lipinski definition) is 6. The van der Waals surface area contributed by atoms with E-state index >= 15 is 0 Å². The van der Waals surface area contributed by atoms with Gasteiger partial charge >= 0.3 is 0 Å². The van der Waals surface area contributed by atoms with Crippen LogP contribution in [0.15, 0.2) is 42.5 Å². The first kappa shape index (κ1) is 16.5. The van der Waals surface area contributed by atoms with E-state index < -0.39 is 0 Å². The zero-order chi connectivity index (χ0) is 18.7. The molecule has 4 aromatic rings. The fourth-order valence-electron chi connectivity index (χ4n) is 4.24. The Hall–Kier alpha value is -2.42. The summed E-state index contributed by atoms with van der Waals surface area (Å²) in [7, 11) is 0. The minimum absolute atomic E-state index is 0.307. The molecule has 0 saturated carbocycles. The molecule has 2 aromatic carbocycles. The van der Waals surface area contributed by atoms with Crippen LogP contribution in [0.3, 0.4) is 0 Å². The molecular formula is C20H18N4O2S2. The Bertz CT molecular complexity index is 1260. The lowest BCUT2D eigenvalue weighted by Gasteiger charge is -2.24. The van der Waals surface area contributed by atoms with Gasteiger partial charge in [-0.25, -0.2) is 4.68 Å². The molecule has 0 bridgehead atoms. The number of ether oxygens (including phenoxy) is 2. The van der Waals surface area contributed by atoms with Crippen molar-refractivity contribution < 1.29 is 9.47 Å². The van der Waals surface area contributed by atoms with Gasteiger partial charge < -0.3 is 9.47 Å². The van der Waals surface area contributed by atoms with Gasteiger partial charge in [0.1, 0.15) is 0 Å². The fourth-order valence-corrected chi connectivity index (χ4v) is 5.61. The highest BCUT2D eigenvalue weighted by molar-refractivity contribution is 7.71. The smallest absolute Gasteiger partial charge is 0.231 e. The molecule has 2 aliphatic heterocycles. The topological polar surface area (TPSA) is 43.9 Å². The highest BCUT2D eigenvalue weighted by atomic mass is 32.1. The molecule has 4 heterocycles. The molecule has 0 N–H and O–H groups in total. The van der Waals surface area contributed by atoms with Crippen LogP contribution in [-0.4, -0.2) is 32.4 Å². The second-order valence-corrected chi connectivity index (χ2v) is 8.57. The zero-order valence-corrected chi connectivity index (χ0v) is 16.7. The van der Waals surface area contributed by atoms with Gasteiger partial charge in [0.15, 0.2) is 11.5 Å². The Kier molecular flexibility index (Phi) is 3.72. The van der Waals surface area contributed by atoms with E-state index in [0.29, 0.717) is 19.5 Å². The minimum atomic E-state index is 0.307. The highest BCUT2D eigenvalue weighted by Gasteiger charge is 2.28. The van der Waals surface area contributed by atoms with E-state index in [1.807, 2.05) is 16.8 Å². The van der Waals surface area contributed by atoms with Crippen LogP contribution in [0.4, 0.5) is 0 Å². The third-order valence-electron chi connectivity index (χ3n) is 5.58. The Morgan fingerprint density at radius 3 is 3.00 bits per heavy atom. The van der Waals surface area contributed by atoms with Crippen LogP contribution in [-0.2, 0) is 6.67 Å². The number of aromatic nitrogens is 3. The normalized spacial score (nSPS) is 19.2. The van der Waals surface area contributed by atoms with Crippen LogP contribution in [0.25, 0.3) is 15.2 Å². The number of rotatable bonds is 3. The SMILES string of the molecule is S=c1n(CN2CCCC2c2ccc3c(c2)OCO3)nc2sc3ccccc3n12. The van der Waals surface area contributed by atoms with Gasteiger partial charge in [0.25, 0.3) is 0 Å². The average molecular weight is 411 g/mol. The van der Waals surface area contributed by atoms with Gasteiger partial charge in [0, 0.05) is 12.6 Å². The predicted molar refractivity (Wildman–Crippen MR) is 111 cm³/mol. The predicted octanol–water partition coefficient (Wildman–Crippen LogP) is 4.60. The second-order valence-electron chi connectivity index (χ2n) is 7.19. The maximum Gasteiger partial charge on any atom is 0.231 e. The van der Waals surface area contributed by atoms with Crippen LogP contribution >= 0.6 is 23.6 Å². The van der Waals surface area contributed by atoms with Crippen molar-refractivity contribution in [3.63, 3.8) is 0 Å². The van der Waals surface area contributed by atoms with Crippen molar-refractivity contribution in [2.24, 2.45) is 0 Å². The molecule has 6 nitrogen and oxygen atoms in total. The van der Waals surface area contributed by atoms with Crippen molar-refractivity contribution in [1.82, 2.24) is 19.1 Å². The monoisotopic (exact) mass is 410 g/mol. The van der Waals surface area contributed by atoms with Gasteiger partial charge in [-0.2, -0.15) is 0 Å². The van der Waals surface area contributed by atoms with E-state index in [9.17, 15) is 0 Å². The third-order valence-corrected chi connectivity index (χ3v) is 6.98. The molecule has 28 heavy (non-hydrogen) atoms. The lowest BCUT2D eigenvalue weighted by Crippen LogP contribution is -2.27. The van der Waals surface area contributed by atoms with Crippen LogP contribution in [0.1, 0.15) is 24.4 Å². The molecule has 0 radical (unpaired) electrons. The van der Waals surface area contributed by atoms with Gasteiger partial charge in [-0.3, -0.25) is 9.30 Å². The molecule has 0 aliphatic carbocycles. The van der Waals surface area contributed by atoms with Crippen molar-refractivity contribution in [3.8, 4) is 11.5 Å². The number of hydrogen-bond donors (Lipinski definition) is 0. The summed E-state index contributed by atoms with van der Waals surface area (Å²) in [6.07, 6.45) is 2.29. The molecule has 142 valence electrons. The van der Waals surface area contributed by atoms with Gasteiger partial charge in [-0.1, -0.05) is 29.5 Å². The molecule has 1 unspecified atom stereocenters. The first-order chi connectivity index (χ1) is 13.8. The standard InChI is InChI=1S/C20H18N4O2S2/c27-20-23(21-19-24(20)15-4-1-2-6-18(15)28-19)11-22-9-3-5-14(22)13-7-8-16-17(10-13)26-12-25-16/h1-2,4,6-8,10,14H,3,5,9,11-12H2. The lowest BCUT2D eigenvalue weighted by molar-refractivity contribution is 0.173. The fraction of sp³-hybridized carbons (Fsp3) is 0.300. The quantitative estimate of drug-likeness (QED) is 0.462. The molecular weight excluding hydrogens is 392 g/mol. The summed E-state index contributed by atoms with van der Waals surface area (Å²) in [5, 5.41) is 4.81. The van der Waals surface area contributed by atoms with Crippen molar-refractivity contribution >= 4 is 38.7 Å². The van der Waals surface area contributed by atoms with Gasteiger partial charge in [0.05, 0.1) is 16.9 Å². The molecule has 6 rings (SSSR count). The summed E-state index contributed by atoms with van der Waals surface area (Å²) in [5.74, 6) is 1.67. The molecule has 2 aliphatic rings. The Morgan fingerprint density at radius 1 is 1.14 bits per heavy atom. The summed E-state index contributed by atoms with van der Waals surface area (Å²) < 4.78 is 17.0. The molecule has 1 fully saturated rings. The molecule has 8 heteroatoms. The van der Waals surface area contributed by atoms with Crippen LogP contribution in [0, 0.1) is 4.77 Å². The maximum absolute atomic E-state index is 5.77. The van der Waals surface area contributed by atoms with E-state index in [1.165, 1.54) is 10.3 Å². The van der Waals surface area contributed by atoms with Gasteiger partial charge in [-0.15, -0.1) is 5.10 Å². The number of fused-ring (bicyclic) bond motifs is 4. The van der Waals surface area contributed by atoms with Crippen molar-refractivity contribution in [2.75, 3.05) is 13.3 Å². The summed E-state index contributed by atoms with van der Waals surface area (Å²) in [6.45, 7) is 2.04. The van der Waals surface area contributed by atoms with Crippen LogP contribution in [0.5, 0.6) is 11.5 Å². The summed E-state index contributed by atoms with van der Waals surface area (Å²) in [5.41, 5.74) is 2.40. The van der Waals surface area contributed by atoms with Gasteiger partial charge in [0.2, 0.25) is 16.5 Å². The Labute approximate surface area is 170 Å². The minimum Gasteiger partial charge on any atom is -0.454 e. The first-order valence-corrected chi connectivity index (χ1v) is 10.6. The Morgan fingerprint density at radius 2 is 2.04 bits per heavy atom. The molecule has 2 aromatic heterocycles. The average Bonchev–Trinajstić information content (AvgIpc) is 3.47. The summed E-state index contributed by atoms with van der Waals surface area (Å²) >= 11 is 7.45. The van der Waals surface area contributed by atoms with E-state index in [-0.39, 0.29) is 0 Å². The van der Waals surface area contributed by atoms with Gasteiger partial charge in [-0.05, 0) is 54.9 Å². The maximum atomic E-state index is 5.77. The van der Waals surface area contributed by atoms with Crippen molar-refractivity contribution in [3.05, 3.63) is 52.8 Å². The van der Waals surface area contributed by atoms with Crippen molar-refractivity contribution in [1.29, 1.82) is 0 Å². The first-order valence-electron chi connectivity index (χ1n) is 9.39. The number of thiazole rings is 1. The third kappa shape index (κ3) is 2.48. The van der Waals surface area contributed by atoms with E-state index in [2.05, 4.69) is 39.6 Å². The number of likely N-dealkylation sites (tertiary alicyclic amines) is 1. The van der Waals surface area contributed by atoms with Crippen LogP contribution < -0.4 is 9.47 Å². The number of nitrogens with zero attached hydrogens (tertiary/aromatic N) is 4. The lowest BCUT2D eigenvalue weighted by atomic mass is 10.0. The van der Waals surface area contributed by atoms with E-state index in [1.54, 1.807) is 11.3 Å². The van der Waals surface area contributed by atoms with E-state index in [4.69, 9.17) is 26.8 Å². The number of benzene rings is 2. The molecule has 0 amide bonds. The highest BCUT2D eigenvalue weighted by Crippen LogP contribution is 2.39. The molecule has 1 saturated heterocycles. The van der Waals surface area contributed by atoms with Crippen LogP contribution in [0.2, 0.25) is 0 Å². The molecule has 0 spiro atoms.